The van der Waals surface area contributed by atoms with Gasteiger partial charge in [0.05, 0.1) is 22.6 Å². The Kier molecular flexibility index (Phi) is 6.25. The maximum Gasteiger partial charge on any atom is 0.333 e. The van der Waals surface area contributed by atoms with Crippen LogP contribution in [0.4, 0.5) is 5.82 Å². The Labute approximate surface area is 197 Å². The lowest BCUT2D eigenvalue weighted by atomic mass is 9.87. The normalized spacial score (nSPS) is 27.7. The third kappa shape index (κ3) is 4.97. The highest BCUT2D eigenvalue weighted by Crippen LogP contribution is 2.54. The smallest absolute Gasteiger partial charge is 0.333 e. The zero-order chi connectivity index (χ0) is 23.1. The SMILES string of the molecule is NS(=O)(=O)OC[C@@H]1CC[C@H](Nc2ncncc2C(=O)c2cc(C3(C4CC4)CCCO3)cs2)C1. The number of anilines is 1. The number of hydrogen-bond acceptors (Lipinski definition) is 9. The Hall–Kier alpha value is -1.92. The van der Waals surface area contributed by atoms with E-state index in [9.17, 15) is 13.2 Å². The minimum absolute atomic E-state index is 0.0597. The van der Waals surface area contributed by atoms with Gasteiger partial charge in [0.2, 0.25) is 5.78 Å². The number of ketones is 1. The molecule has 0 bridgehead atoms. The van der Waals surface area contributed by atoms with Crippen LogP contribution in [0.5, 0.6) is 0 Å². The molecule has 1 saturated heterocycles. The first-order valence-corrected chi connectivity index (χ1v) is 13.7. The summed E-state index contributed by atoms with van der Waals surface area (Å²) in [5.41, 5.74) is 1.33. The average molecular weight is 493 g/mol. The van der Waals surface area contributed by atoms with E-state index in [0.717, 1.165) is 37.9 Å². The third-order valence-electron chi connectivity index (χ3n) is 6.91. The van der Waals surface area contributed by atoms with Crippen molar-refractivity contribution < 1.29 is 22.1 Å². The molecule has 3 atom stereocenters. The maximum absolute atomic E-state index is 13.4. The molecule has 0 radical (unpaired) electrons. The van der Waals surface area contributed by atoms with Crippen LogP contribution in [0.15, 0.2) is 24.0 Å². The highest BCUT2D eigenvalue weighted by atomic mass is 32.2. The number of nitrogens with zero attached hydrogens (tertiary/aromatic N) is 2. The summed E-state index contributed by atoms with van der Waals surface area (Å²) in [5.74, 6) is 1.03. The van der Waals surface area contributed by atoms with Crippen LogP contribution < -0.4 is 10.5 Å². The standard InChI is InChI=1S/C22H28N4O5S2/c23-33(28,29)31-11-14-2-5-17(8-14)26-21-18(10-24-13-25-21)20(27)19-9-16(12-32-19)22(15-3-4-15)6-1-7-30-22/h9-10,12-15,17H,1-8,11H2,(H2,23,28,29)(H,24,25,26)/t14-,17+,22?/m1/s1. The number of nitrogens with one attached hydrogen (secondary N) is 1. The van der Waals surface area contributed by atoms with E-state index in [-0.39, 0.29) is 30.0 Å². The van der Waals surface area contributed by atoms with E-state index < -0.39 is 10.3 Å². The van der Waals surface area contributed by atoms with E-state index in [0.29, 0.717) is 28.6 Å². The molecule has 1 unspecified atom stereocenters. The number of thiophene rings is 1. The number of carbonyl (C=O) groups excluding carboxylic acids is 1. The third-order valence-corrected chi connectivity index (χ3v) is 8.30. The van der Waals surface area contributed by atoms with Crippen molar-refractivity contribution in [3.8, 4) is 0 Å². The second-order valence-corrected chi connectivity index (χ2v) is 11.4. The number of ether oxygens (including phenoxy) is 1. The number of hydrogen-bond donors (Lipinski definition) is 2. The van der Waals surface area contributed by atoms with Gasteiger partial charge in [-0.2, -0.15) is 8.42 Å². The van der Waals surface area contributed by atoms with Crippen LogP contribution in [0, 0.1) is 11.8 Å². The molecule has 9 nitrogen and oxygen atoms in total. The number of aromatic nitrogens is 2. The molecule has 2 aliphatic carbocycles. The van der Waals surface area contributed by atoms with Crippen molar-refractivity contribution >= 4 is 33.2 Å². The molecule has 2 saturated carbocycles. The summed E-state index contributed by atoms with van der Waals surface area (Å²) in [7, 11) is -3.94. The predicted octanol–water partition coefficient (Wildman–Crippen LogP) is 2.99. The quantitative estimate of drug-likeness (QED) is 0.510. The van der Waals surface area contributed by atoms with Crippen molar-refractivity contribution in [2.45, 2.75) is 56.6 Å². The van der Waals surface area contributed by atoms with E-state index in [1.165, 1.54) is 30.5 Å². The zero-order valence-corrected chi connectivity index (χ0v) is 19.9. The predicted molar refractivity (Wildman–Crippen MR) is 123 cm³/mol. The highest BCUT2D eigenvalue weighted by Gasteiger charge is 2.50. The zero-order valence-electron chi connectivity index (χ0n) is 18.2. The Morgan fingerprint density at radius 3 is 2.91 bits per heavy atom. The molecular weight excluding hydrogens is 464 g/mol. The lowest BCUT2D eigenvalue weighted by Gasteiger charge is -2.27. The van der Waals surface area contributed by atoms with Gasteiger partial charge in [-0.05, 0) is 73.8 Å². The highest BCUT2D eigenvalue weighted by molar-refractivity contribution is 7.84. The van der Waals surface area contributed by atoms with Gasteiger partial charge in [0, 0.05) is 18.8 Å². The number of rotatable bonds is 9. The van der Waals surface area contributed by atoms with Crippen LogP contribution in [0.3, 0.4) is 0 Å². The monoisotopic (exact) mass is 492 g/mol. The Bertz CT molecular complexity index is 1130. The van der Waals surface area contributed by atoms with E-state index in [2.05, 4.69) is 20.7 Å². The van der Waals surface area contributed by atoms with E-state index >= 15 is 0 Å². The molecule has 3 heterocycles. The summed E-state index contributed by atoms with van der Waals surface area (Å²) in [6.07, 6.45) is 9.74. The number of carbonyl (C=O) groups is 1. The average Bonchev–Trinajstić information content (AvgIpc) is 3.20. The van der Waals surface area contributed by atoms with E-state index in [1.807, 2.05) is 6.07 Å². The molecule has 0 spiro atoms. The van der Waals surface area contributed by atoms with Gasteiger partial charge in [-0.15, -0.1) is 11.3 Å². The van der Waals surface area contributed by atoms with Gasteiger partial charge in [0.15, 0.2) is 0 Å². The van der Waals surface area contributed by atoms with Crippen LogP contribution in [0.25, 0.3) is 0 Å². The van der Waals surface area contributed by atoms with Crippen molar-refractivity contribution in [2.24, 2.45) is 17.0 Å². The maximum atomic E-state index is 13.4. The van der Waals surface area contributed by atoms with Crippen molar-refractivity contribution in [3.63, 3.8) is 0 Å². The van der Waals surface area contributed by atoms with Gasteiger partial charge >= 0.3 is 10.3 Å². The van der Waals surface area contributed by atoms with Crippen molar-refractivity contribution in [1.29, 1.82) is 0 Å². The molecule has 3 fully saturated rings. The fraction of sp³-hybridized carbons (Fsp3) is 0.591. The second-order valence-electron chi connectivity index (χ2n) is 9.23. The first kappa shape index (κ1) is 22.9. The first-order chi connectivity index (χ1) is 15.8. The van der Waals surface area contributed by atoms with Crippen LogP contribution in [-0.2, 0) is 24.8 Å². The molecule has 11 heteroatoms. The summed E-state index contributed by atoms with van der Waals surface area (Å²) >= 11 is 1.45. The van der Waals surface area contributed by atoms with Crippen LogP contribution in [0.2, 0.25) is 0 Å². The van der Waals surface area contributed by atoms with E-state index in [1.54, 1.807) is 6.20 Å². The first-order valence-electron chi connectivity index (χ1n) is 11.4. The van der Waals surface area contributed by atoms with Gasteiger partial charge in [0.1, 0.15) is 12.1 Å². The molecule has 2 aromatic heterocycles. The fourth-order valence-corrected chi connectivity index (χ4v) is 6.47. The van der Waals surface area contributed by atoms with Crippen LogP contribution in [0.1, 0.15) is 65.7 Å². The van der Waals surface area contributed by atoms with Crippen LogP contribution >= 0.6 is 11.3 Å². The van der Waals surface area contributed by atoms with Gasteiger partial charge in [-0.25, -0.2) is 15.1 Å². The summed E-state index contributed by atoms with van der Waals surface area (Å²) in [5, 5.41) is 10.3. The van der Waals surface area contributed by atoms with Gasteiger partial charge in [-0.1, -0.05) is 0 Å². The minimum Gasteiger partial charge on any atom is -0.370 e. The molecule has 2 aromatic rings. The number of nitrogens with two attached hydrogens (primary N) is 1. The van der Waals surface area contributed by atoms with Crippen molar-refractivity contribution in [3.05, 3.63) is 40.0 Å². The lowest BCUT2D eigenvalue weighted by Crippen LogP contribution is -2.26. The summed E-state index contributed by atoms with van der Waals surface area (Å²) < 4.78 is 33.0. The summed E-state index contributed by atoms with van der Waals surface area (Å²) in [6, 6.07) is 2.05. The largest absolute Gasteiger partial charge is 0.370 e. The molecule has 33 heavy (non-hydrogen) atoms. The van der Waals surface area contributed by atoms with Gasteiger partial charge in [-0.3, -0.25) is 8.98 Å². The summed E-state index contributed by atoms with van der Waals surface area (Å²) in [6.45, 7) is 0.843. The molecule has 1 aliphatic heterocycles. The summed E-state index contributed by atoms with van der Waals surface area (Å²) in [4.78, 5) is 22.4. The molecule has 0 amide bonds. The Morgan fingerprint density at radius 2 is 2.18 bits per heavy atom. The topological polar surface area (TPSA) is 134 Å². The van der Waals surface area contributed by atoms with Crippen molar-refractivity contribution in [2.75, 3.05) is 18.5 Å². The Morgan fingerprint density at radius 1 is 1.33 bits per heavy atom. The van der Waals surface area contributed by atoms with Crippen molar-refractivity contribution in [1.82, 2.24) is 9.97 Å². The van der Waals surface area contributed by atoms with Gasteiger partial charge < -0.3 is 10.1 Å². The van der Waals surface area contributed by atoms with E-state index in [4.69, 9.17) is 14.1 Å². The molecule has 0 aromatic carbocycles. The second kappa shape index (κ2) is 9.03. The Balaban J connectivity index is 1.29. The molecular formula is C22H28N4O5S2. The molecule has 3 N–H and O–H groups in total. The molecule has 5 rings (SSSR count). The van der Waals surface area contributed by atoms with Crippen LogP contribution in [-0.4, -0.2) is 43.4 Å². The van der Waals surface area contributed by atoms with Gasteiger partial charge in [0.25, 0.3) is 0 Å². The molecule has 178 valence electrons. The fourth-order valence-electron chi connectivity index (χ4n) is 5.16. The minimum atomic E-state index is -3.94. The lowest BCUT2D eigenvalue weighted by molar-refractivity contribution is -0.0190. The molecule has 3 aliphatic rings.